The highest BCUT2D eigenvalue weighted by Crippen LogP contribution is 2.15. The summed E-state index contributed by atoms with van der Waals surface area (Å²) in [5.41, 5.74) is 7.17. The van der Waals surface area contributed by atoms with E-state index in [9.17, 15) is 0 Å². The Morgan fingerprint density at radius 2 is 2.47 bits per heavy atom. The maximum atomic E-state index is 5.46. The number of thiocarbonyl (C=S) groups is 1. The van der Waals surface area contributed by atoms with Crippen LogP contribution in [0.25, 0.3) is 0 Å². The number of rotatable bonds is 7. The Bertz CT molecular complexity index is 291. The summed E-state index contributed by atoms with van der Waals surface area (Å²) < 4.78 is 5.03. The molecular formula is C8H14N4OS2. The lowest BCUT2D eigenvalue weighted by atomic mass is 10.4. The van der Waals surface area contributed by atoms with Crippen molar-refractivity contribution in [3.8, 4) is 0 Å². The fourth-order valence-electron chi connectivity index (χ4n) is 1.05. The first-order valence-electron chi connectivity index (χ1n) is 4.52. The summed E-state index contributed by atoms with van der Waals surface area (Å²) in [7, 11) is 1.67. The normalized spacial score (nSPS) is 10.2. The molecule has 5 nitrogen and oxygen atoms in total. The third-order valence-corrected chi connectivity index (χ3v) is 2.77. The number of ether oxygens (including phenoxy) is 1. The molecule has 15 heavy (non-hydrogen) atoms. The fourth-order valence-corrected chi connectivity index (χ4v) is 1.76. The average molecular weight is 246 g/mol. The van der Waals surface area contributed by atoms with Gasteiger partial charge in [0.1, 0.15) is 5.51 Å². The van der Waals surface area contributed by atoms with Crippen LogP contribution in [0.5, 0.6) is 0 Å². The predicted octanol–water partition coefficient (Wildman–Crippen LogP) is 0.667. The Morgan fingerprint density at radius 1 is 1.67 bits per heavy atom. The van der Waals surface area contributed by atoms with Gasteiger partial charge >= 0.3 is 0 Å². The highest BCUT2D eigenvalue weighted by atomic mass is 32.1. The number of hydrogen-bond donors (Lipinski definition) is 1. The number of methoxy groups -OCH3 is 1. The third kappa shape index (κ3) is 4.50. The Morgan fingerprint density at radius 3 is 3.00 bits per heavy atom. The van der Waals surface area contributed by atoms with Gasteiger partial charge in [-0.1, -0.05) is 23.6 Å². The van der Waals surface area contributed by atoms with Gasteiger partial charge in [0.15, 0.2) is 0 Å². The van der Waals surface area contributed by atoms with Gasteiger partial charge < -0.3 is 15.4 Å². The second-order valence-electron chi connectivity index (χ2n) is 2.92. The highest BCUT2D eigenvalue weighted by Gasteiger charge is 2.09. The van der Waals surface area contributed by atoms with Gasteiger partial charge in [0.2, 0.25) is 5.13 Å². The molecule has 0 fully saturated rings. The van der Waals surface area contributed by atoms with Crippen molar-refractivity contribution < 1.29 is 4.74 Å². The van der Waals surface area contributed by atoms with Crippen LogP contribution in [0.4, 0.5) is 5.13 Å². The van der Waals surface area contributed by atoms with Gasteiger partial charge in [-0.2, -0.15) is 0 Å². The zero-order chi connectivity index (χ0) is 11.1. The third-order valence-electron chi connectivity index (χ3n) is 1.81. The van der Waals surface area contributed by atoms with E-state index in [1.165, 1.54) is 11.3 Å². The number of aromatic nitrogens is 2. The molecule has 0 bridgehead atoms. The van der Waals surface area contributed by atoms with Gasteiger partial charge in [-0.3, -0.25) is 0 Å². The lowest BCUT2D eigenvalue weighted by Gasteiger charge is -2.20. The van der Waals surface area contributed by atoms with E-state index in [4.69, 9.17) is 22.7 Å². The van der Waals surface area contributed by atoms with E-state index in [0.717, 1.165) is 18.2 Å². The van der Waals surface area contributed by atoms with Gasteiger partial charge in [-0.05, 0) is 0 Å². The van der Waals surface area contributed by atoms with Crippen LogP contribution in [0.1, 0.15) is 6.42 Å². The standard InChI is InChI=1S/C8H14N4OS2/c1-13-5-4-12(3-2-7(9)14)8-11-10-6-15-8/h6H,2-5H2,1H3,(H2,9,14). The molecule has 0 saturated heterocycles. The summed E-state index contributed by atoms with van der Waals surface area (Å²) in [5, 5.41) is 8.68. The predicted molar refractivity (Wildman–Crippen MR) is 65.4 cm³/mol. The highest BCUT2D eigenvalue weighted by molar-refractivity contribution is 7.80. The molecule has 0 amide bonds. The largest absolute Gasteiger partial charge is 0.393 e. The molecule has 2 N–H and O–H groups in total. The molecular weight excluding hydrogens is 232 g/mol. The summed E-state index contributed by atoms with van der Waals surface area (Å²) >= 11 is 6.34. The Balaban J connectivity index is 2.49. The zero-order valence-corrected chi connectivity index (χ0v) is 10.2. The van der Waals surface area contributed by atoms with Crippen LogP contribution in [0.3, 0.4) is 0 Å². The fraction of sp³-hybridized carbons (Fsp3) is 0.625. The minimum absolute atomic E-state index is 0.516. The minimum Gasteiger partial charge on any atom is -0.393 e. The minimum atomic E-state index is 0.516. The molecule has 0 atom stereocenters. The van der Waals surface area contributed by atoms with Crippen LogP contribution in [0.2, 0.25) is 0 Å². The topological polar surface area (TPSA) is 64.3 Å². The Labute approximate surface area is 98.2 Å². The van der Waals surface area contributed by atoms with E-state index in [-0.39, 0.29) is 0 Å². The zero-order valence-electron chi connectivity index (χ0n) is 8.55. The van der Waals surface area contributed by atoms with Crippen molar-refractivity contribution in [3.63, 3.8) is 0 Å². The monoisotopic (exact) mass is 246 g/mol. The molecule has 0 aromatic carbocycles. The summed E-state index contributed by atoms with van der Waals surface area (Å²) in [6, 6.07) is 0. The van der Waals surface area contributed by atoms with Crippen molar-refractivity contribution in [2.75, 3.05) is 31.7 Å². The van der Waals surface area contributed by atoms with Gasteiger partial charge in [0, 0.05) is 26.6 Å². The van der Waals surface area contributed by atoms with Crippen molar-refractivity contribution in [2.24, 2.45) is 5.73 Å². The van der Waals surface area contributed by atoms with E-state index in [1.54, 1.807) is 12.6 Å². The molecule has 0 unspecified atom stereocenters. The van der Waals surface area contributed by atoms with Crippen LogP contribution < -0.4 is 10.6 Å². The van der Waals surface area contributed by atoms with E-state index in [0.29, 0.717) is 18.0 Å². The van der Waals surface area contributed by atoms with Crippen molar-refractivity contribution in [2.45, 2.75) is 6.42 Å². The van der Waals surface area contributed by atoms with Gasteiger partial charge in [-0.25, -0.2) is 0 Å². The van der Waals surface area contributed by atoms with Gasteiger partial charge in [0.05, 0.1) is 11.6 Å². The van der Waals surface area contributed by atoms with Crippen LogP contribution >= 0.6 is 23.6 Å². The van der Waals surface area contributed by atoms with Crippen molar-refractivity contribution in [1.29, 1.82) is 0 Å². The number of anilines is 1. The van der Waals surface area contributed by atoms with Crippen LogP contribution in [-0.4, -0.2) is 42.0 Å². The lowest BCUT2D eigenvalue weighted by molar-refractivity contribution is 0.205. The molecule has 1 aromatic heterocycles. The number of hydrogen-bond acceptors (Lipinski definition) is 6. The second-order valence-corrected chi connectivity index (χ2v) is 4.25. The van der Waals surface area contributed by atoms with E-state index < -0.39 is 0 Å². The van der Waals surface area contributed by atoms with Crippen LogP contribution in [-0.2, 0) is 4.74 Å². The Hall–Kier alpha value is -0.790. The molecule has 84 valence electrons. The molecule has 0 aliphatic heterocycles. The summed E-state index contributed by atoms with van der Waals surface area (Å²) in [5.74, 6) is 0. The van der Waals surface area contributed by atoms with E-state index in [1.807, 2.05) is 0 Å². The van der Waals surface area contributed by atoms with Crippen LogP contribution in [0, 0.1) is 0 Å². The van der Waals surface area contributed by atoms with Crippen molar-refractivity contribution in [1.82, 2.24) is 10.2 Å². The first-order chi connectivity index (χ1) is 7.24. The maximum Gasteiger partial charge on any atom is 0.208 e. The summed E-state index contributed by atoms with van der Waals surface area (Å²) in [4.78, 5) is 2.59. The maximum absolute atomic E-state index is 5.46. The number of nitrogens with two attached hydrogens (primary N) is 1. The SMILES string of the molecule is COCCN(CCC(N)=S)c1nncs1. The first-order valence-corrected chi connectivity index (χ1v) is 5.81. The smallest absolute Gasteiger partial charge is 0.208 e. The molecule has 1 aromatic rings. The molecule has 0 aliphatic rings. The number of nitrogens with zero attached hydrogens (tertiary/aromatic N) is 3. The molecule has 0 radical (unpaired) electrons. The molecule has 7 heteroatoms. The lowest BCUT2D eigenvalue weighted by Crippen LogP contribution is -2.30. The molecule has 0 saturated carbocycles. The Kier molecular flexibility index (Phi) is 5.44. The van der Waals surface area contributed by atoms with Gasteiger partial charge in [0.25, 0.3) is 0 Å². The second kappa shape index (κ2) is 6.65. The molecule has 1 heterocycles. The average Bonchev–Trinajstić information content (AvgIpc) is 2.71. The van der Waals surface area contributed by atoms with Gasteiger partial charge in [-0.15, -0.1) is 10.2 Å². The van der Waals surface area contributed by atoms with E-state index in [2.05, 4.69) is 15.1 Å². The van der Waals surface area contributed by atoms with Crippen molar-refractivity contribution in [3.05, 3.63) is 5.51 Å². The summed E-state index contributed by atoms with van der Waals surface area (Å²) in [6.45, 7) is 2.18. The molecule has 1 rings (SSSR count). The van der Waals surface area contributed by atoms with Crippen molar-refractivity contribution >= 4 is 33.7 Å². The summed E-state index contributed by atoms with van der Waals surface area (Å²) in [6.07, 6.45) is 0.679. The quantitative estimate of drug-likeness (QED) is 0.713. The molecule has 0 aliphatic carbocycles. The van der Waals surface area contributed by atoms with E-state index >= 15 is 0 Å². The van der Waals surface area contributed by atoms with Crippen LogP contribution in [0.15, 0.2) is 5.51 Å². The molecule has 0 spiro atoms. The first kappa shape index (κ1) is 12.3.